The molecule has 0 saturated heterocycles. The maximum atomic E-state index is 12.6. The molecule has 0 unspecified atom stereocenters. The SMILES string of the molecule is CCn1nc(C(=O)NNC(=O)c2ccc(C)c(C)c2)c2ccccc2c1=O. The number of hydrazine groups is 1. The Morgan fingerprint density at radius 3 is 2.30 bits per heavy atom. The van der Waals surface area contributed by atoms with E-state index in [-0.39, 0.29) is 11.3 Å². The molecule has 0 aliphatic carbocycles. The first kappa shape index (κ1) is 18.3. The molecule has 3 rings (SSSR count). The predicted octanol–water partition coefficient (Wildman–Crippen LogP) is 2.11. The summed E-state index contributed by atoms with van der Waals surface area (Å²) in [6, 6.07) is 12.0. The van der Waals surface area contributed by atoms with Crippen LogP contribution >= 0.6 is 0 Å². The zero-order chi connectivity index (χ0) is 19.6. The van der Waals surface area contributed by atoms with Crippen molar-refractivity contribution >= 4 is 22.6 Å². The van der Waals surface area contributed by atoms with E-state index < -0.39 is 11.8 Å². The lowest BCUT2D eigenvalue weighted by molar-refractivity contribution is 0.0843. The summed E-state index contributed by atoms with van der Waals surface area (Å²) in [5.41, 5.74) is 7.09. The number of benzene rings is 2. The molecule has 1 aromatic heterocycles. The molecule has 0 atom stereocenters. The van der Waals surface area contributed by atoms with Gasteiger partial charge in [-0.15, -0.1) is 0 Å². The second-order valence-electron chi connectivity index (χ2n) is 6.22. The highest BCUT2D eigenvalue weighted by atomic mass is 16.2. The Morgan fingerprint density at radius 2 is 1.63 bits per heavy atom. The molecule has 138 valence electrons. The van der Waals surface area contributed by atoms with Gasteiger partial charge < -0.3 is 0 Å². The maximum absolute atomic E-state index is 12.6. The van der Waals surface area contributed by atoms with Gasteiger partial charge in [-0.25, -0.2) is 4.68 Å². The van der Waals surface area contributed by atoms with Crippen LogP contribution in [-0.2, 0) is 6.54 Å². The van der Waals surface area contributed by atoms with E-state index >= 15 is 0 Å². The topological polar surface area (TPSA) is 93.1 Å². The molecule has 2 N–H and O–H groups in total. The van der Waals surface area contributed by atoms with Gasteiger partial charge in [-0.1, -0.05) is 24.3 Å². The van der Waals surface area contributed by atoms with Gasteiger partial charge in [-0.3, -0.25) is 25.2 Å². The van der Waals surface area contributed by atoms with Gasteiger partial charge in [0.05, 0.1) is 5.39 Å². The summed E-state index contributed by atoms with van der Waals surface area (Å²) < 4.78 is 1.22. The lowest BCUT2D eigenvalue weighted by Crippen LogP contribution is -2.42. The number of hydrogen-bond donors (Lipinski definition) is 2. The number of amides is 2. The van der Waals surface area contributed by atoms with Crippen molar-refractivity contribution in [1.29, 1.82) is 0 Å². The fraction of sp³-hybridized carbons (Fsp3) is 0.200. The van der Waals surface area contributed by atoms with Crippen molar-refractivity contribution < 1.29 is 9.59 Å². The van der Waals surface area contributed by atoms with Crippen molar-refractivity contribution in [2.45, 2.75) is 27.3 Å². The van der Waals surface area contributed by atoms with Gasteiger partial charge in [-0.2, -0.15) is 5.10 Å². The van der Waals surface area contributed by atoms with E-state index in [1.54, 1.807) is 43.3 Å². The standard InChI is InChI=1S/C20H20N4O3/c1-4-24-20(27)16-8-6-5-7-15(16)17(23-24)19(26)22-21-18(25)14-10-9-12(2)13(3)11-14/h5-11H,4H2,1-3H3,(H,21,25)(H,22,26). The summed E-state index contributed by atoms with van der Waals surface area (Å²) in [5, 5.41) is 4.97. The van der Waals surface area contributed by atoms with Gasteiger partial charge in [0, 0.05) is 17.5 Å². The summed E-state index contributed by atoms with van der Waals surface area (Å²) in [4.78, 5) is 37.2. The average Bonchev–Trinajstić information content (AvgIpc) is 2.68. The maximum Gasteiger partial charge on any atom is 0.290 e. The van der Waals surface area contributed by atoms with Crippen LogP contribution < -0.4 is 16.4 Å². The van der Waals surface area contributed by atoms with Gasteiger partial charge >= 0.3 is 0 Å². The molecule has 7 nitrogen and oxygen atoms in total. The van der Waals surface area contributed by atoms with Crippen LogP contribution in [0.15, 0.2) is 47.3 Å². The monoisotopic (exact) mass is 364 g/mol. The first-order valence-electron chi connectivity index (χ1n) is 8.60. The van der Waals surface area contributed by atoms with Gasteiger partial charge in [0.15, 0.2) is 5.69 Å². The van der Waals surface area contributed by atoms with Crippen molar-refractivity contribution in [3.05, 3.63) is 75.2 Å². The van der Waals surface area contributed by atoms with Crippen molar-refractivity contribution in [2.24, 2.45) is 0 Å². The van der Waals surface area contributed by atoms with Crippen LogP contribution in [0.5, 0.6) is 0 Å². The number of rotatable bonds is 3. The minimum absolute atomic E-state index is 0.0763. The lowest BCUT2D eigenvalue weighted by Gasteiger charge is -2.11. The molecule has 3 aromatic rings. The molecule has 1 heterocycles. The van der Waals surface area contributed by atoms with Gasteiger partial charge in [0.1, 0.15) is 0 Å². The number of nitrogens with one attached hydrogen (secondary N) is 2. The number of carbonyl (C=O) groups excluding carboxylic acids is 2. The Bertz CT molecular complexity index is 1100. The minimum Gasteiger partial charge on any atom is -0.267 e. The molecular weight excluding hydrogens is 344 g/mol. The number of nitrogens with zero attached hydrogens (tertiary/aromatic N) is 2. The van der Waals surface area contributed by atoms with E-state index in [1.165, 1.54) is 4.68 Å². The number of aryl methyl sites for hydroxylation is 3. The summed E-state index contributed by atoms with van der Waals surface area (Å²) in [6.07, 6.45) is 0. The van der Waals surface area contributed by atoms with Crippen molar-refractivity contribution in [1.82, 2.24) is 20.6 Å². The van der Waals surface area contributed by atoms with Crippen LogP contribution in [0.3, 0.4) is 0 Å². The summed E-state index contributed by atoms with van der Waals surface area (Å²) in [7, 11) is 0. The first-order valence-corrected chi connectivity index (χ1v) is 8.60. The normalized spacial score (nSPS) is 10.6. The zero-order valence-electron chi connectivity index (χ0n) is 15.4. The second kappa shape index (κ2) is 7.41. The molecule has 27 heavy (non-hydrogen) atoms. The van der Waals surface area contributed by atoms with Crippen LogP contribution in [0.25, 0.3) is 10.8 Å². The molecular formula is C20H20N4O3. The van der Waals surface area contributed by atoms with Crippen molar-refractivity contribution in [3.8, 4) is 0 Å². The molecule has 0 radical (unpaired) electrons. The van der Waals surface area contributed by atoms with Crippen molar-refractivity contribution in [3.63, 3.8) is 0 Å². The number of carbonyl (C=O) groups is 2. The highest BCUT2D eigenvalue weighted by Crippen LogP contribution is 2.13. The molecule has 0 spiro atoms. The number of aromatic nitrogens is 2. The van der Waals surface area contributed by atoms with Gasteiger partial charge in [-0.05, 0) is 50.1 Å². The fourth-order valence-electron chi connectivity index (χ4n) is 2.74. The summed E-state index contributed by atoms with van der Waals surface area (Å²) in [5.74, 6) is -1.02. The molecule has 0 fully saturated rings. The number of fused-ring (bicyclic) bond motifs is 1. The van der Waals surface area contributed by atoms with Crippen LogP contribution in [0.2, 0.25) is 0 Å². The molecule has 2 amide bonds. The van der Waals surface area contributed by atoms with Crippen LogP contribution in [0.1, 0.15) is 38.9 Å². The quantitative estimate of drug-likeness (QED) is 0.696. The van der Waals surface area contributed by atoms with Crippen LogP contribution in [0.4, 0.5) is 0 Å². The Balaban J connectivity index is 1.86. The van der Waals surface area contributed by atoms with E-state index in [4.69, 9.17) is 0 Å². The third-order valence-corrected chi connectivity index (χ3v) is 4.44. The van der Waals surface area contributed by atoms with Gasteiger partial charge in [0.2, 0.25) is 0 Å². The Morgan fingerprint density at radius 1 is 0.963 bits per heavy atom. The largest absolute Gasteiger partial charge is 0.290 e. The van der Waals surface area contributed by atoms with E-state index in [1.807, 2.05) is 19.9 Å². The second-order valence-corrected chi connectivity index (χ2v) is 6.22. The van der Waals surface area contributed by atoms with E-state index in [9.17, 15) is 14.4 Å². The Kier molecular flexibility index (Phi) is 5.03. The van der Waals surface area contributed by atoms with Crippen molar-refractivity contribution in [2.75, 3.05) is 0 Å². The molecule has 0 aliphatic rings. The van der Waals surface area contributed by atoms with Gasteiger partial charge in [0.25, 0.3) is 17.4 Å². The average molecular weight is 364 g/mol. The van der Waals surface area contributed by atoms with E-state index in [0.717, 1.165) is 11.1 Å². The minimum atomic E-state index is -0.592. The lowest BCUT2D eigenvalue weighted by atomic mass is 10.1. The molecule has 7 heteroatoms. The predicted molar refractivity (Wildman–Crippen MR) is 103 cm³/mol. The first-order chi connectivity index (χ1) is 12.9. The smallest absolute Gasteiger partial charge is 0.267 e. The molecule has 0 bridgehead atoms. The zero-order valence-corrected chi connectivity index (χ0v) is 15.4. The Hall–Kier alpha value is -3.48. The summed E-state index contributed by atoms with van der Waals surface area (Å²) >= 11 is 0. The highest BCUT2D eigenvalue weighted by Gasteiger charge is 2.17. The molecule has 2 aromatic carbocycles. The fourth-order valence-corrected chi connectivity index (χ4v) is 2.74. The van der Waals surface area contributed by atoms with E-state index in [2.05, 4.69) is 16.0 Å². The summed E-state index contributed by atoms with van der Waals surface area (Å²) in [6.45, 7) is 5.97. The third-order valence-electron chi connectivity index (χ3n) is 4.44. The third kappa shape index (κ3) is 3.57. The van der Waals surface area contributed by atoms with Crippen LogP contribution in [0, 0.1) is 13.8 Å². The number of hydrogen-bond acceptors (Lipinski definition) is 4. The molecule has 0 saturated carbocycles. The van der Waals surface area contributed by atoms with E-state index in [0.29, 0.717) is 22.9 Å². The van der Waals surface area contributed by atoms with Crippen LogP contribution in [-0.4, -0.2) is 21.6 Å². The molecule has 0 aliphatic heterocycles. The Labute approximate surface area is 156 Å². The highest BCUT2D eigenvalue weighted by molar-refractivity contribution is 6.06.